The third kappa shape index (κ3) is 5.18. The Morgan fingerprint density at radius 1 is 1.15 bits per heavy atom. The van der Waals surface area contributed by atoms with Crippen LogP contribution in [0.2, 0.25) is 0 Å². The highest BCUT2D eigenvalue weighted by molar-refractivity contribution is 5.94. The quantitative estimate of drug-likeness (QED) is 0.414. The van der Waals surface area contributed by atoms with Crippen LogP contribution in [-0.2, 0) is 6.54 Å². The number of hydrogen-bond donors (Lipinski definition) is 0. The molecule has 0 aliphatic heterocycles. The van der Waals surface area contributed by atoms with Gasteiger partial charge in [-0.05, 0) is 75.1 Å². The van der Waals surface area contributed by atoms with E-state index in [1.807, 2.05) is 23.1 Å². The van der Waals surface area contributed by atoms with Crippen LogP contribution >= 0.6 is 0 Å². The number of carbonyl (C=O) groups is 1. The molecular weight excluding hydrogens is 421 g/mol. The van der Waals surface area contributed by atoms with Crippen molar-refractivity contribution >= 4 is 11.8 Å². The lowest BCUT2D eigenvalue weighted by Crippen LogP contribution is -2.33. The first-order valence-electron chi connectivity index (χ1n) is 11.5. The molecule has 1 amide bonds. The summed E-state index contributed by atoms with van der Waals surface area (Å²) in [6.45, 7) is 6.62. The number of methoxy groups -OCH3 is 1. The molecule has 3 aromatic rings. The molecule has 0 spiro atoms. The summed E-state index contributed by atoms with van der Waals surface area (Å²) in [5.41, 5.74) is 2.81. The summed E-state index contributed by atoms with van der Waals surface area (Å²) in [6.07, 6.45) is 2.25. The molecule has 0 unspecified atom stereocenters. The molecular formula is C26H30FN3O3. The molecule has 1 aliphatic rings. The maximum absolute atomic E-state index is 13.6. The summed E-state index contributed by atoms with van der Waals surface area (Å²) in [5, 5.41) is 4.34. The molecule has 1 saturated carbocycles. The maximum atomic E-state index is 13.6. The van der Waals surface area contributed by atoms with Gasteiger partial charge >= 0.3 is 0 Å². The number of hydrogen-bond acceptors (Lipinski definition) is 5. The Bertz CT molecular complexity index is 1090. The standard InChI is InChI=1S/C26H30FN3O3/c1-4-29(5-2)26-23(24(28-33-26)19-11-13-21(27)14-12-19)17-30(16-18-9-10-18)25(31)20-7-6-8-22(15-20)32-3/h6-8,11-15,18H,4-5,9-10,16-17H2,1-3H3. The number of nitrogens with zero attached hydrogens (tertiary/aromatic N) is 3. The van der Waals surface area contributed by atoms with Gasteiger partial charge in [0, 0.05) is 30.8 Å². The van der Waals surface area contributed by atoms with Gasteiger partial charge in [0.05, 0.1) is 19.2 Å². The molecule has 1 fully saturated rings. The van der Waals surface area contributed by atoms with Crippen molar-refractivity contribution in [2.45, 2.75) is 33.2 Å². The Morgan fingerprint density at radius 2 is 1.88 bits per heavy atom. The van der Waals surface area contributed by atoms with Crippen molar-refractivity contribution < 1.29 is 18.4 Å². The fourth-order valence-electron chi connectivity index (χ4n) is 4.00. The van der Waals surface area contributed by atoms with Gasteiger partial charge < -0.3 is 19.1 Å². The number of amides is 1. The van der Waals surface area contributed by atoms with E-state index in [0.29, 0.717) is 41.9 Å². The van der Waals surface area contributed by atoms with E-state index in [2.05, 4.69) is 23.9 Å². The Kier molecular flexibility index (Phi) is 6.96. The molecule has 7 heteroatoms. The van der Waals surface area contributed by atoms with Crippen LogP contribution < -0.4 is 9.64 Å². The maximum Gasteiger partial charge on any atom is 0.254 e. The molecule has 0 bridgehead atoms. The fourth-order valence-corrected chi connectivity index (χ4v) is 4.00. The van der Waals surface area contributed by atoms with E-state index in [-0.39, 0.29) is 11.7 Å². The predicted octanol–water partition coefficient (Wildman–Crippen LogP) is 5.39. The van der Waals surface area contributed by atoms with Crippen molar-refractivity contribution in [3.8, 4) is 17.0 Å². The number of carbonyl (C=O) groups excluding carboxylic acids is 1. The second-order valence-electron chi connectivity index (χ2n) is 8.36. The number of ether oxygens (including phenoxy) is 1. The second kappa shape index (κ2) is 10.1. The van der Waals surface area contributed by atoms with Gasteiger partial charge in [0.15, 0.2) is 0 Å². The first-order valence-corrected chi connectivity index (χ1v) is 11.5. The molecule has 0 radical (unpaired) electrons. The smallest absolute Gasteiger partial charge is 0.254 e. The average molecular weight is 452 g/mol. The molecule has 6 nitrogen and oxygen atoms in total. The van der Waals surface area contributed by atoms with Crippen molar-refractivity contribution in [2.75, 3.05) is 31.6 Å². The summed E-state index contributed by atoms with van der Waals surface area (Å²) >= 11 is 0. The molecule has 1 aromatic heterocycles. The molecule has 4 rings (SSSR count). The molecule has 174 valence electrons. The largest absolute Gasteiger partial charge is 0.497 e. The van der Waals surface area contributed by atoms with Gasteiger partial charge in [-0.25, -0.2) is 4.39 Å². The van der Waals surface area contributed by atoms with Crippen LogP contribution in [0.1, 0.15) is 42.6 Å². The topological polar surface area (TPSA) is 58.8 Å². The van der Waals surface area contributed by atoms with Crippen LogP contribution in [0.3, 0.4) is 0 Å². The summed E-state index contributed by atoms with van der Waals surface area (Å²) in [5.74, 6) is 1.44. The van der Waals surface area contributed by atoms with Crippen LogP contribution in [0.25, 0.3) is 11.3 Å². The monoisotopic (exact) mass is 451 g/mol. The molecule has 2 aromatic carbocycles. The lowest BCUT2D eigenvalue weighted by atomic mass is 10.1. The normalized spacial score (nSPS) is 13.1. The van der Waals surface area contributed by atoms with Gasteiger partial charge in [0.1, 0.15) is 17.3 Å². The van der Waals surface area contributed by atoms with Crippen molar-refractivity contribution in [3.05, 3.63) is 65.5 Å². The average Bonchev–Trinajstić information content (AvgIpc) is 3.58. The van der Waals surface area contributed by atoms with E-state index in [1.54, 1.807) is 25.3 Å². The van der Waals surface area contributed by atoms with Gasteiger partial charge in [-0.2, -0.15) is 0 Å². The highest BCUT2D eigenvalue weighted by Crippen LogP contribution is 2.35. The SMILES string of the molecule is CCN(CC)c1onc(-c2ccc(F)cc2)c1CN(CC1CC1)C(=O)c1cccc(OC)c1. The van der Waals surface area contributed by atoms with Crippen molar-refractivity contribution in [3.63, 3.8) is 0 Å². The van der Waals surface area contributed by atoms with Gasteiger partial charge in [-0.3, -0.25) is 4.79 Å². The molecule has 0 saturated heterocycles. The summed E-state index contributed by atoms with van der Waals surface area (Å²) in [4.78, 5) is 17.5. The van der Waals surface area contributed by atoms with Crippen LogP contribution in [-0.4, -0.2) is 42.7 Å². The summed E-state index contributed by atoms with van der Waals surface area (Å²) < 4.78 is 24.7. The van der Waals surface area contributed by atoms with Crippen molar-refractivity contribution in [1.82, 2.24) is 10.1 Å². The first-order chi connectivity index (χ1) is 16.0. The highest BCUT2D eigenvalue weighted by atomic mass is 19.1. The highest BCUT2D eigenvalue weighted by Gasteiger charge is 2.31. The van der Waals surface area contributed by atoms with Gasteiger partial charge in [0.2, 0.25) is 5.88 Å². The van der Waals surface area contributed by atoms with Gasteiger partial charge in [0.25, 0.3) is 5.91 Å². The lowest BCUT2D eigenvalue weighted by Gasteiger charge is -2.25. The number of benzene rings is 2. The molecule has 0 atom stereocenters. The van der Waals surface area contributed by atoms with E-state index in [1.165, 1.54) is 12.1 Å². The number of anilines is 1. The first kappa shape index (κ1) is 22.8. The number of halogens is 1. The van der Waals surface area contributed by atoms with Gasteiger partial charge in [-0.15, -0.1) is 0 Å². The van der Waals surface area contributed by atoms with E-state index < -0.39 is 0 Å². The third-order valence-electron chi connectivity index (χ3n) is 6.06. The van der Waals surface area contributed by atoms with E-state index in [9.17, 15) is 9.18 Å². The summed E-state index contributed by atoms with van der Waals surface area (Å²) in [7, 11) is 1.59. The van der Waals surface area contributed by atoms with E-state index >= 15 is 0 Å². The third-order valence-corrected chi connectivity index (χ3v) is 6.06. The Hall–Kier alpha value is -3.35. The van der Waals surface area contributed by atoms with E-state index in [4.69, 9.17) is 9.26 Å². The Labute approximate surface area is 193 Å². The second-order valence-corrected chi connectivity index (χ2v) is 8.36. The fraction of sp³-hybridized carbons (Fsp3) is 0.385. The van der Waals surface area contributed by atoms with Crippen molar-refractivity contribution in [1.29, 1.82) is 0 Å². The zero-order chi connectivity index (χ0) is 23.4. The van der Waals surface area contributed by atoms with Crippen LogP contribution in [0.15, 0.2) is 53.1 Å². The molecule has 0 N–H and O–H groups in total. The minimum absolute atomic E-state index is 0.0578. The molecule has 33 heavy (non-hydrogen) atoms. The van der Waals surface area contributed by atoms with Crippen molar-refractivity contribution in [2.24, 2.45) is 5.92 Å². The minimum atomic E-state index is -0.309. The predicted molar refractivity (Wildman–Crippen MR) is 126 cm³/mol. The minimum Gasteiger partial charge on any atom is -0.497 e. The Morgan fingerprint density at radius 3 is 2.52 bits per heavy atom. The van der Waals surface area contributed by atoms with Gasteiger partial charge in [-0.1, -0.05) is 11.2 Å². The van der Waals surface area contributed by atoms with E-state index in [0.717, 1.165) is 37.1 Å². The Balaban J connectivity index is 1.73. The van der Waals surface area contributed by atoms with Crippen LogP contribution in [0.5, 0.6) is 5.75 Å². The number of aromatic nitrogens is 1. The van der Waals surface area contributed by atoms with Crippen LogP contribution in [0.4, 0.5) is 10.3 Å². The molecule has 1 aliphatic carbocycles. The number of rotatable bonds is 10. The summed E-state index contributed by atoms with van der Waals surface area (Å²) in [6, 6.07) is 13.4. The zero-order valence-corrected chi connectivity index (χ0v) is 19.4. The van der Waals surface area contributed by atoms with Crippen LogP contribution in [0, 0.1) is 11.7 Å². The lowest BCUT2D eigenvalue weighted by molar-refractivity contribution is 0.0735. The zero-order valence-electron chi connectivity index (χ0n) is 19.4. The molecule has 1 heterocycles.